The van der Waals surface area contributed by atoms with Gasteiger partial charge >= 0.3 is 5.97 Å². The second-order valence-corrected chi connectivity index (χ2v) is 2.59. The Balaban J connectivity index is 3.37. The molecule has 9 heavy (non-hydrogen) atoms. The second-order valence-electron chi connectivity index (χ2n) is 1.88. The lowest BCUT2D eigenvalue weighted by atomic mass is 10.1. The Morgan fingerprint density at radius 1 is 1.78 bits per heavy atom. The third-order valence-corrected chi connectivity index (χ3v) is 1.52. The molecule has 0 rings (SSSR count). The van der Waals surface area contributed by atoms with Crippen molar-refractivity contribution in [1.29, 1.82) is 0 Å². The number of hydrogen-bond donors (Lipinski definition) is 1. The number of rotatable bonds is 4. The maximum atomic E-state index is 10.1. The predicted octanol–water partition coefficient (Wildman–Crippen LogP) is 1.39. The SMILES string of the molecule is CC(CCP=O)C(=O)O. The van der Waals surface area contributed by atoms with Crippen molar-refractivity contribution in [2.24, 2.45) is 5.92 Å². The Morgan fingerprint density at radius 2 is 2.33 bits per heavy atom. The van der Waals surface area contributed by atoms with E-state index in [1.54, 1.807) is 6.92 Å². The highest BCUT2D eigenvalue weighted by Crippen LogP contribution is 2.05. The number of carboxylic acid groups (broad SMARTS) is 1. The van der Waals surface area contributed by atoms with E-state index in [9.17, 15) is 9.36 Å². The van der Waals surface area contributed by atoms with Gasteiger partial charge in [0.15, 0.2) is 8.46 Å². The molecule has 0 radical (unpaired) electrons. The second kappa shape index (κ2) is 4.45. The van der Waals surface area contributed by atoms with Crippen molar-refractivity contribution < 1.29 is 14.5 Å². The summed E-state index contributed by atoms with van der Waals surface area (Å²) in [5, 5.41) is 8.30. The van der Waals surface area contributed by atoms with Crippen LogP contribution in [0.3, 0.4) is 0 Å². The predicted molar refractivity (Wildman–Crippen MR) is 33.9 cm³/mol. The fraction of sp³-hybridized carbons (Fsp3) is 0.800. The van der Waals surface area contributed by atoms with Crippen molar-refractivity contribution in [2.45, 2.75) is 13.3 Å². The molecule has 4 heteroatoms. The molecule has 1 atom stereocenters. The molecule has 0 aromatic carbocycles. The molecule has 0 bridgehead atoms. The summed E-state index contributed by atoms with van der Waals surface area (Å²) < 4.78 is 9.84. The van der Waals surface area contributed by atoms with Gasteiger partial charge in [0, 0.05) is 6.16 Å². The molecule has 0 saturated carbocycles. The van der Waals surface area contributed by atoms with E-state index in [4.69, 9.17) is 5.11 Å². The smallest absolute Gasteiger partial charge is 0.306 e. The van der Waals surface area contributed by atoms with Crippen LogP contribution in [-0.2, 0) is 9.36 Å². The minimum absolute atomic E-state index is 0.0320. The number of carboxylic acids is 1. The number of aliphatic carboxylic acids is 1. The minimum atomic E-state index is -0.821. The molecular weight excluding hydrogens is 139 g/mol. The van der Waals surface area contributed by atoms with Crippen molar-refractivity contribution in [1.82, 2.24) is 0 Å². The Hall–Kier alpha value is -0.430. The largest absolute Gasteiger partial charge is 0.481 e. The lowest BCUT2D eigenvalue weighted by Gasteiger charge is -1.99. The van der Waals surface area contributed by atoms with E-state index in [0.29, 0.717) is 12.6 Å². The number of hydrogen-bond acceptors (Lipinski definition) is 2. The first-order valence-electron chi connectivity index (χ1n) is 2.70. The van der Waals surface area contributed by atoms with Gasteiger partial charge in [-0.25, -0.2) is 0 Å². The molecule has 0 saturated heterocycles. The summed E-state index contributed by atoms with van der Waals surface area (Å²) >= 11 is 0. The van der Waals surface area contributed by atoms with Crippen LogP contribution in [0.15, 0.2) is 0 Å². The van der Waals surface area contributed by atoms with Gasteiger partial charge in [0.1, 0.15) is 0 Å². The molecule has 0 aromatic heterocycles. The van der Waals surface area contributed by atoms with Gasteiger partial charge in [-0.15, -0.1) is 0 Å². The van der Waals surface area contributed by atoms with Crippen molar-refractivity contribution in [3.05, 3.63) is 0 Å². The van der Waals surface area contributed by atoms with Gasteiger partial charge in [-0.2, -0.15) is 0 Å². The van der Waals surface area contributed by atoms with E-state index in [0.717, 1.165) is 0 Å². The van der Waals surface area contributed by atoms with Crippen LogP contribution in [0.4, 0.5) is 0 Å². The lowest BCUT2D eigenvalue weighted by molar-refractivity contribution is -0.141. The zero-order valence-corrected chi connectivity index (χ0v) is 6.10. The molecule has 3 nitrogen and oxygen atoms in total. The lowest BCUT2D eigenvalue weighted by Crippen LogP contribution is -2.09. The summed E-state index contributed by atoms with van der Waals surface area (Å²) in [6.45, 7) is 1.60. The molecule has 0 heterocycles. The zero-order chi connectivity index (χ0) is 7.28. The van der Waals surface area contributed by atoms with Crippen LogP contribution < -0.4 is 0 Å². The van der Waals surface area contributed by atoms with Gasteiger partial charge in [0.2, 0.25) is 0 Å². The first-order chi connectivity index (χ1) is 4.18. The van der Waals surface area contributed by atoms with Crippen LogP contribution in [0.5, 0.6) is 0 Å². The summed E-state index contributed by atoms with van der Waals surface area (Å²) in [6, 6.07) is 0. The molecule has 0 amide bonds. The molecule has 0 aliphatic rings. The van der Waals surface area contributed by atoms with Crippen LogP contribution in [-0.4, -0.2) is 17.2 Å². The van der Waals surface area contributed by atoms with Crippen LogP contribution in [0.1, 0.15) is 13.3 Å². The molecule has 0 aliphatic heterocycles. The topological polar surface area (TPSA) is 54.4 Å². The van der Waals surface area contributed by atoms with E-state index in [1.165, 1.54) is 0 Å². The maximum absolute atomic E-state index is 10.1. The quantitative estimate of drug-likeness (QED) is 0.613. The van der Waals surface area contributed by atoms with Gasteiger partial charge in [-0.3, -0.25) is 9.36 Å². The van der Waals surface area contributed by atoms with Gasteiger partial charge in [-0.05, 0) is 6.42 Å². The third-order valence-electron chi connectivity index (χ3n) is 1.07. The van der Waals surface area contributed by atoms with Crippen LogP contribution in [0.25, 0.3) is 0 Å². The zero-order valence-electron chi connectivity index (χ0n) is 5.20. The highest BCUT2D eigenvalue weighted by Gasteiger charge is 2.08. The third kappa shape index (κ3) is 4.10. The van der Waals surface area contributed by atoms with Gasteiger partial charge in [-0.1, -0.05) is 6.92 Å². The van der Waals surface area contributed by atoms with E-state index < -0.39 is 5.97 Å². The standard InChI is InChI=1S/C5H9O3P/c1-4(5(6)7)2-3-9-8/h4H,2-3H2,1H3,(H,6,7). The Morgan fingerprint density at radius 3 is 2.67 bits per heavy atom. The molecule has 0 fully saturated rings. The summed E-state index contributed by atoms with van der Waals surface area (Å²) in [5.41, 5.74) is 0. The van der Waals surface area contributed by atoms with Crippen LogP contribution in [0.2, 0.25) is 0 Å². The Labute approximate surface area is 55.3 Å². The first kappa shape index (κ1) is 8.57. The monoisotopic (exact) mass is 148 g/mol. The Bertz CT molecular complexity index is 113. The maximum Gasteiger partial charge on any atom is 0.306 e. The summed E-state index contributed by atoms with van der Waals surface area (Å²) in [5.74, 6) is -1.19. The average molecular weight is 148 g/mol. The minimum Gasteiger partial charge on any atom is -0.481 e. The normalized spacial score (nSPS) is 13.4. The molecule has 0 aliphatic carbocycles. The molecule has 0 spiro atoms. The van der Waals surface area contributed by atoms with Gasteiger partial charge < -0.3 is 5.11 Å². The van der Waals surface area contributed by atoms with Gasteiger partial charge in [0.05, 0.1) is 5.92 Å². The van der Waals surface area contributed by atoms with Gasteiger partial charge in [0.25, 0.3) is 0 Å². The van der Waals surface area contributed by atoms with E-state index in [1.807, 2.05) is 0 Å². The highest BCUT2D eigenvalue weighted by atomic mass is 31.1. The highest BCUT2D eigenvalue weighted by molar-refractivity contribution is 7.23. The molecule has 1 N–H and O–H groups in total. The van der Waals surface area contributed by atoms with E-state index >= 15 is 0 Å². The molecule has 0 aromatic rings. The van der Waals surface area contributed by atoms with E-state index in [2.05, 4.69) is 0 Å². The Kier molecular flexibility index (Phi) is 4.24. The van der Waals surface area contributed by atoms with E-state index in [-0.39, 0.29) is 14.4 Å². The molecule has 52 valence electrons. The molecule has 1 unspecified atom stereocenters. The number of carbonyl (C=O) groups is 1. The van der Waals surface area contributed by atoms with Crippen molar-refractivity contribution >= 4 is 14.4 Å². The first-order valence-corrected chi connectivity index (χ1v) is 3.70. The van der Waals surface area contributed by atoms with Crippen molar-refractivity contribution in [3.63, 3.8) is 0 Å². The van der Waals surface area contributed by atoms with Crippen molar-refractivity contribution in [2.75, 3.05) is 6.16 Å². The van der Waals surface area contributed by atoms with Crippen LogP contribution >= 0.6 is 8.46 Å². The fourth-order valence-corrected chi connectivity index (χ4v) is 0.863. The summed E-state index contributed by atoms with van der Waals surface area (Å²) in [6.07, 6.45) is 0.924. The fourth-order valence-electron chi connectivity index (χ4n) is 0.370. The summed E-state index contributed by atoms with van der Waals surface area (Å²) in [7, 11) is 0.0320. The molecular formula is C5H9O3P. The van der Waals surface area contributed by atoms with Crippen molar-refractivity contribution in [3.8, 4) is 0 Å². The van der Waals surface area contributed by atoms with Crippen LogP contribution in [0, 0.1) is 5.92 Å². The average Bonchev–Trinajstić information content (AvgIpc) is 1.82. The summed E-state index contributed by atoms with van der Waals surface area (Å²) in [4.78, 5) is 10.1.